The Morgan fingerprint density at radius 1 is 1.08 bits per heavy atom. The van der Waals surface area contributed by atoms with E-state index in [1.165, 1.54) is 0 Å². The van der Waals surface area contributed by atoms with Crippen LogP contribution in [0.25, 0.3) is 33.2 Å². The molecule has 4 aromatic rings. The molecule has 0 spiro atoms. The standard InChI is InChI=1S/C29H28ClN3O3S/c1-18-14-25-28(19(2)27(18)21-9-11-31-12-10-21)23(22-7-3-4-8-24(22)30)15-26(33-25)29(34)32-16-20-6-5-13-37(35,36)17-20/h3-4,7-12,14-15,20H,5-6,13,16-17H2,1-2H3,(H,32,34). The monoisotopic (exact) mass is 533 g/mol. The van der Waals surface area contributed by atoms with E-state index in [9.17, 15) is 13.2 Å². The number of nitrogens with zero attached hydrogens (tertiary/aromatic N) is 2. The highest BCUT2D eigenvalue weighted by molar-refractivity contribution is 7.91. The average molecular weight is 534 g/mol. The summed E-state index contributed by atoms with van der Waals surface area (Å²) in [6, 6.07) is 15.3. The molecule has 1 saturated heterocycles. The van der Waals surface area contributed by atoms with Crippen LogP contribution in [0.1, 0.15) is 34.5 Å². The molecule has 1 atom stereocenters. The first-order valence-electron chi connectivity index (χ1n) is 12.3. The van der Waals surface area contributed by atoms with Crippen LogP contribution in [0, 0.1) is 19.8 Å². The minimum atomic E-state index is -3.04. The maximum Gasteiger partial charge on any atom is 0.269 e. The summed E-state index contributed by atoms with van der Waals surface area (Å²) in [7, 11) is -3.04. The van der Waals surface area contributed by atoms with Gasteiger partial charge in [0.25, 0.3) is 5.91 Å². The Kier molecular flexibility index (Phi) is 7.01. The summed E-state index contributed by atoms with van der Waals surface area (Å²) in [5.41, 5.74) is 6.86. The molecule has 0 radical (unpaired) electrons. The zero-order valence-electron chi connectivity index (χ0n) is 20.8. The molecule has 3 heterocycles. The third-order valence-corrected chi connectivity index (χ3v) is 9.24. The van der Waals surface area contributed by atoms with Crippen LogP contribution in [-0.2, 0) is 9.84 Å². The number of rotatable bonds is 5. The van der Waals surface area contributed by atoms with Crippen molar-refractivity contribution in [3.63, 3.8) is 0 Å². The Morgan fingerprint density at radius 2 is 1.84 bits per heavy atom. The highest BCUT2D eigenvalue weighted by Gasteiger charge is 2.26. The van der Waals surface area contributed by atoms with E-state index in [4.69, 9.17) is 16.6 Å². The highest BCUT2D eigenvalue weighted by atomic mass is 35.5. The largest absolute Gasteiger partial charge is 0.350 e. The molecule has 2 aromatic carbocycles. The predicted octanol–water partition coefficient (Wildman–Crippen LogP) is 5.79. The molecule has 1 unspecified atom stereocenters. The number of pyridine rings is 2. The van der Waals surface area contributed by atoms with Crippen molar-refractivity contribution in [3.05, 3.63) is 82.8 Å². The first-order valence-corrected chi connectivity index (χ1v) is 14.5. The van der Waals surface area contributed by atoms with Crippen LogP contribution < -0.4 is 5.32 Å². The number of carbonyl (C=O) groups excluding carboxylic acids is 1. The Bertz CT molecular complexity index is 1600. The Hall–Kier alpha value is -3.29. The lowest BCUT2D eigenvalue weighted by Crippen LogP contribution is -2.36. The highest BCUT2D eigenvalue weighted by Crippen LogP contribution is 2.40. The van der Waals surface area contributed by atoms with E-state index in [2.05, 4.69) is 17.2 Å². The van der Waals surface area contributed by atoms with Gasteiger partial charge in [-0.1, -0.05) is 29.8 Å². The fourth-order valence-corrected chi connectivity index (χ4v) is 7.35. The molecule has 1 aliphatic rings. The van der Waals surface area contributed by atoms with E-state index in [0.717, 1.165) is 45.2 Å². The van der Waals surface area contributed by atoms with Gasteiger partial charge in [0.1, 0.15) is 5.69 Å². The van der Waals surface area contributed by atoms with Crippen LogP contribution in [0.4, 0.5) is 0 Å². The molecule has 0 saturated carbocycles. The summed E-state index contributed by atoms with van der Waals surface area (Å²) in [5.74, 6) is -0.0739. The number of benzene rings is 2. The second kappa shape index (κ2) is 10.2. The Morgan fingerprint density at radius 3 is 2.57 bits per heavy atom. The van der Waals surface area contributed by atoms with Gasteiger partial charge in [0, 0.05) is 34.9 Å². The second-order valence-electron chi connectivity index (χ2n) is 9.69. The van der Waals surface area contributed by atoms with Gasteiger partial charge in [-0.2, -0.15) is 0 Å². The number of amides is 1. The minimum absolute atomic E-state index is 0.0846. The lowest BCUT2D eigenvalue weighted by atomic mass is 9.89. The Labute approximate surface area is 222 Å². The fourth-order valence-electron chi connectivity index (χ4n) is 5.34. The summed E-state index contributed by atoms with van der Waals surface area (Å²) in [6.45, 7) is 4.41. The molecule has 37 heavy (non-hydrogen) atoms. The molecular weight excluding hydrogens is 506 g/mol. The fraction of sp³-hybridized carbons (Fsp3) is 0.276. The summed E-state index contributed by atoms with van der Waals surface area (Å²) in [6.07, 6.45) is 4.96. The number of halogens is 1. The molecule has 1 N–H and O–H groups in total. The molecule has 0 bridgehead atoms. The molecule has 0 aliphatic carbocycles. The SMILES string of the molecule is Cc1cc2nc(C(=O)NCC3CCCS(=O)(=O)C3)cc(-c3ccccc3Cl)c2c(C)c1-c1ccncc1. The molecule has 1 amide bonds. The second-order valence-corrected chi connectivity index (χ2v) is 12.3. The van der Waals surface area contributed by atoms with Crippen LogP contribution in [0.3, 0.4) is 0 Å². The van der Waals surface area contributed by atoms with Crippen molar-refractivity contribution < 1.29 is 13.2 Å². The first-order chi connectivity index (χ1) is 17.7. The zero-order chi connectivity index (χ0) is 26.2. The molecule has 6 nitrogen and oxygen atoms in total. The number of sulfone groups is 1. The number of hydrogen-bond donors (Lipinski definition) is 1. The van der Waals surface area contributed by atoms with Crippen molar-refractivity contribution in [2.75, 3.05) is 18.1 Å². The quantitative estimate of drug-likeness (QED) is 0.351. The van der Waals surface area contributed by atoms with Gasteiger partial charge >= 0.3 is 0 Å². The van der Waals surface area contributed by atoms with Crippen molar-refractivity contribution in [1.29, 1.82) is 0 Å². The lowest BCUT2D eigenvalue weighted by molar-refractivity contribution is 0.0942. The topological polar surface area (TPSA) is 89.0 Å². The van der Waals surface area contributed by atoms with Gasteiger partial charge in [-0.05, 0) is 90.8 Å². The van der Waals surface area contributed by atoms with Crippen LogP contribution in [-0.4, -0.2) is 42.3 Å². The summed E-state index contributed by atoms with van der Waals surface area (Å²) in [5, 5.41) is 4.44. The predicted molar refractivity (Wildman–Crippen MR) is 149 cm³/mol. The molecule has 5 rings (SSSR count). The summed E-state index contributed by atoms with van der Waals surface area (Å²) in [4.78, 5) is 22.2. The minimum Gasteiger partial charge on any atom is -0.350 e. The van der Waals surface area contributed by atoms with Crippen LogP contribution in [0.5, 0.6) is 0 Å². The third-order valence-electron chi connectivity index (χ3n) is 7.02. The molecular formula is C29H28ClN3O3S. The van der Waals surface area contributed by atoms with Gasteiger partial charge < -0.3 is 5.32 Å². The molecule has 1 fully saturated rings. The van der Waals surface area contributed by atoms with Crippen molar-refractivity contribution in [2.24, 2.45) is 5.92 Å². The van der Waals surface area contributed by atoms with Crippen LogP contribution in [0.15, 0.2) is 60.9 Å². The molecule has 1 aliphatic heterocycles. The summed E-state index contributed by atoms with van der Waals surface area (Å²) < 4.78 is 24.0. The van der Waals surface area contributed by atoms with E-state index in [0.29, 0.717) is 23.5 Å². The zero-order valence-corrected chi connectivity index (χ0v) is 22.4. The van der Waals surface area contributed by atoms with Gasteiger partial charge in [-0.3, -0.25) is 9.78 Å². The van der Waals surface area contributed by atoms with E-state index in [-0.39, 0.29) is 29.0 Å². The van der Waals surface area contributed by atoms with Crippen molar-refractivity contribution in [2.45, 2.75) is 26.7 Å². The van der Waals surface area contributed by atoms with E-state index in [1.54, 1.807) is 18.5 Å². The van der Waals surface area contributed by atoms with Crippen molar-refractivity contribution in [3.8, 4) is 22.3 Å². The van der Waals surface area contributed by atoms with Crippen molar-refractivity contribution in [1.82, 2.24) is 15.3 Å². The van der Waals surface area contributed by atoms with Gasteiger partial charge in [-0.15, -0.1) is 0 Å². The summed E-state index contributed by atoms with van der Waals surface area (Å²) >= 11 is 6.63. The number of aryl methyl sites for hydroxylation is 2. The van der Waals surface area contributed by atoms with Crippen LogP contribution >= 0.6 is 11.6 Å². The van der Waals surface area contributed by atoms with E-state index >= 15 is 0 Å². The lowest BCUT2D eigenvalue weighted by Gasteiger charge is -2.22. The molecule has 2 aromatic heterocycles. The smallest absolute Gasteiger partial charge is 0.269 e. The van der Waals surface area contributed by atoms with E-state index in [1.807, 2.05) is 49.4 Å². The maximum absolute atomic E-state index is 13.3. The number of fused-ring (bicyclic) bond motifs is 1. The first kappa shape index (κ1) is 25.4. The van der Waals surface area contributed by atoms with Crippen LogP contribution in [0.2, 0.25) is 5.02 Å². The van der Waals surface area contributed by atoms with Gasteiger partial charge in [0.05, 0.1) is 17.0 Å². The maximum atomic E-state index is 13.3. The number of hydrogen-bond acceptors (Lipinski definition) is 5. The van der Waals surface area contributed by atoms with Crippen molar-refractivity contribution >= 4 is 38.2 Å². The molecule has 8 heteroatoms. The normalized spacial score (nSPS) is 17.0. The van der Waals surface area contributed by atoms with E-state index < -0.39 is 9.84 Å². The number of carbonyl (C=O) groups is 1. The molecule has 190 valence electrons. The Balaban J connectivity index is 1.61. The third kappa shape index (κ3) is 5.24. The number of nitrogens with one attached hydrogen (secondary N) is 1. The number of aromatic nitrogens is 2. The van der Waals surface area contributed by atoms with Gasteiger partial charge in [0.2, 0.25) is 0 Å². The van der Waals surface area contributed by atoms with Gasteiger partial charge in [-0.25, -0.2) is 13.4 Å². The average Bonchev–Trinajstić information content (AvgIpc) is 2.87. The van der Waals surface area contributed by atoms with Gasteiger partial charge in [0.15, 0.2) is 9.84 Å².